The van der Waals surface area contributed by atoms with Crippen molar-refractivity contribution in [3.05, 3.63) is 64.4 Å². The van der Waals surface area contributed by atoms with Crippen LogP contribution in [0.15, 0.2) is 48.1 Å². The fraction of sp³-hybridized carbons (Fsp3) is 0.200. The van der Waals surface area contributed by atoms with Gasteiger partial charge in [0.25, 0.3) is 0 Å². The molecular formula is C15H16N4S. The molecule has 3 aromatic rings. The third-order valence-corrected chi connectivity index (χ3v) is 4.10. The van der Waals surface area contributed by atoms with Crippen LogP contribution in [0.25, 0.3) is 5.69 Å². The zero-order chi connectivity index (χ0) is 13.9. The van der Waals surface area contributed by atoms with Gasteiger partial charge in [0.15, 0.2) is 0 Å². The molecule has 0 saturated heterocycles. The van der Waals surface area contributed by atoms with E-state index in [1.54, 1.807) is 11.3 Å². The summed E-state index contributed by atoms with van der Waals surface area (Å²) in [5, 5.41) is 7.50. The van der Waals surface area contributed by atoms with Crippen LogP contribution in [0.1, 0.15) is 22.3 Å². The molecule has 0 radical (unpaired) electrons. The van der Waals surface area contributed by atoms with Gasteiger partial charge in [-0.25, -0.2) is 9.67 Å². The maximum Gasteiger partial charge on any atom is 0.0947 e. The highest BCUT2D eigenvalue weighted by Gasteiger charge is 2.12. The van der Waals surface area contributed by atoms with Gasteiger partial charge in [0, 0.05) is 35.3 Å². The minimum absolute atomic E-state index is 0.0713. The van der Waals surface area contributed by atoms with E-state index in [0.29, 0.717) is 0 Å². The van der Waals surface area contributed by atoms with E-state index < -0.39 is 0 Å². The number of thiazole rings is 1. The SMILES string of the molecule is Cc1csc(CC(N)c2cnn(-c3ccccc3)c2)n1. The number of nitrogens with zero attached hydrogens (tertiary/aromatic N) is 3. The first kappa shape index (κ1) is 13.0. The highest BCUT2D eigenvalue weighted by Crippen LogP contribution is 2.19. The second-order valence-electron chi connectivity index (χ2n) is 4.75. The third kappa shape index (κ3) is 2.79. The van der Waals surface area contributed by atoms with Crippen molar-refractivity contribution in [3.8, 4) is 5.69 Å². The lowest BCUT2D eigenvalue weighted by atomic mass is 10.1. The Morgan fingerprint density at radius 1 is 1.30 bits per heavy atom. The van der Waals surface area contributed by atoms with Gasteiger partial charge in [-0.2, -0.15) is 5.10 Å². The smallest absolute Gasteiger partial charge is 0.0947 e. The van der Waals surface area contributed by atoms with Crippen molar-refractivity contribution in [3.63, 3.8) is 0 Å². The van der Waals surface area contributed by atoms with E-state index in [2.05, 4.69) is 15.5 Å². The molecule has 0 amide bonds. The van der Waals surface area contributed by atoms with E-state index in [0.717, 1.165) is 28.4 Å². The number of aromatic nitrogens is 3. The molecule has 4 nitrogen and oxygen atoms in total. The number of para-hydroxylation sites is 1. The van der Waals surface area contributed by atoms with Crippen molar-refractivity contribution >= 4 is 11.3 Å². The van der Waals surface area contributed by atoms with Crippen LogP contribution in [-0.2, 0) is 6.42 Å². The molecular weight excluding hydrogens is 268 g/mol. The van der Waals surface area contributed by atoms with Crippen molar-refractivity contribution in [2.75, 3.05) is 0 Å². The number of rotatable bonds is 4. The van der Waals surface area contributed by atoms with Crippen LogP contribution < -0.4 is 5.73 Å². The third-order valence-electron chi connectivity index (χ3n) is 3.11. The van der Waals surface area contributed by atoms with E-state index in [-0.39, 0.29) is 6.04 Å². The molecule has 1 aromatic carbocycles. The second-order valence-corrected chi connectivity index (χ2v) is 5.69. The van der Waals surface area contributed by atoms with E-state index >= 15 is 0 Å². The average molecular weight is 284 g/mol. The number of hydrogen-bond acceptors (Lipinski definition) is 4. The lowest BCUT2D eigenvalue weighted by Crippen LogP contribution is -2.12. The van der Waals surface area contributed by atoms with Gasteiger partial charge in [0.05, 0.1) is 16.9 Å². The lowest BCUT2D eigenvalue weighted by molar-refractivity contribution is 0.716. The van der Waals surface area contributed by atoms with Gasteiger partial charge in [-0.3, -0.25) is 0 Å². The van der Waals surface area contributed by atoms with Crippen LogP contribution in [0.4, 0.5) is 0 Å². The molecule has 2 N–H and O–H groups in total. The molecule has 102 valence electrons. The Morgan fingerprint density at radius 3 is 2.80 bits per heavy atom. The Kier molecular flexibility index (Phi) is 3.62. The summed E-state index contributed by atoms with van der Waals surface area (Å²) in [6, 6.07) is 9.95. The summed E-state index contributed by atoms with van der Waals surface area (Å²) < 4.78 is 1.85. The second kappa shape index (κ2) is 5.56. The fourth-order valence-corrected chi connectivity index (χ4v) is 2.88. The number of benzene rings is 1. The quantitative estimate of drug-likeness (QED) is 0.801. The Bertz CT molecular complexity index is 687. The Balaban J connectivity index is 1.76. The molecule has 1 atom stereocenters. The summed E-state index contributed by atoms with van der Waals surface area (Å²) in [7, 11) is 0. The first-order valence-corrected chi connectivity index (χ1v) is 7.37. The Morgan fingerprint density at radius 2 is 2.10 bits per heavy atom. The highest BCUT2D eigenvalue weighted by molar-refractivity contribution is 7.09. The molecule has 0 saturated carbocycles. The van der Waals surface area contributed by atoms with Gasteiger partial charge < -0.3 is 5.73 Å². The fourth-order valence-electron chi connectivity index (χ4n) is 2.05. The van der Waals surface area contributed by atoms with Crippen LogP contribution in [0.2, 0.25) is 0 Å². The molecule has 2 aromatic heterocycles. The molecule has 3 rings (SSSR count). The largest absolute Gasteiger partial charge is 0.324 e. The number of nitrogens with two attached hydrogens (primary N) is 1. The van der Waals surface area contributed by atoms with Crippen molar-refractivity contribution < 1.29 is 0 Å². The van der Waals surface area contributed by atoms with Crippen LogP contribution in [-0.4, -0.2) is 14.8 Å². The first-order valence-electron chi connectivity index (χ1n) is 6.49. The minimum Gasteiger partial charge on any atom is -0.324 e. The number of hydrogen-bond donors (Lipinski definition) is 1. The van der Waals surface area contributed by atoms with Crippen LogP contribution in [0, 0.1) is 6.92 Å². The van der Waals surface area contributed by atoms with E-state index in [4.69, 9.17) is 5.73 Å². The summed E-state index contributed by atoms with van der Waals surface area (Å²) >= 11 is 1.66. The average Bonchev–Trinajstić information content (AvgIpc) is 3.09. The Hall–Kier alpha value is -1.98. The number of aryl methyl sites for hydroxylation is 1. The standard InChI is InChI=1S/C15H16N4S/c1-11-10-20-15(18-11)7-14(16)12-8-17-19(9-12)13-5-3-2-4-6-13/h2-6,8-10,14H,7,16H2,1H3. The predicted octanol–water partition coefficient (Wildman–Crippen LogP) is 2.88. The minimum atomic E-state index is -0.0713. The van der Waals surface area contributed by atoms with Crippen molar-refractivity contribution in [1.29, 1.82) is 0 Å². The summed E-state index contributed by atoms with van der Waals surface area (Å²) in [5.74, 6) is 0. The van der Waals surface area contributed by atoms with Gasteiger partial charge >= 0.3 is 0 Å². The molecule has 0 bridgehead atoms. The monoisotopic (exact) mass is 284 g/mol. The van der Waals surface area contributed by atoms with Crippen molar-refractivity contribution in [2.45, 2.75) is 19.4 Å². The molecule has 0 spiro atoms. The molecule has 2 heterocycles. The maximum atomic E-state index is 6.24. The van der Waals surface area contributed by atoms with E-state index in [1.165, 1.54) is 0 Å². The van der Waals surface area contributed by atoms with Gasteiger partial charge in [-0.15, -0.1) is 11.3 Å². The molecule has 20 heavy (non-hydrogen) atoms. The topological polar surface area (TPSA) is 56.7 Å². The lowest BCUT2D eigenvalue weighted by Gasteiger charge is -2.06. The molecule has 1 unspecified atom stereocenters. The van der Waals surface area contributed by atoms with Crippen LogP contribution in [0.3, 0.4) is 0 Å². The molecule has 0 aliphatic carbocycles. The summed E-state index contributed by atoms with van der Waals surface area (Å²) in [6.45, 7) is 2.00. The van der Waals surface area contributed by atoms with Gasteiger partial charge in [-0.05, 0) is 19.1 Å². The van der Waals surface area contributed by atoms with E-state index in [1.807, 2.05) is 54.3 Å². The van der Waals surface area contributed by atoms with Crippen LogP contribution in [0.5, 0.6) is 0 Å². The maximum absolute atomic E-state index is 6.24. The summed E-state index contributed by atoms with van der Waals surface area (Å²) in [4.78, 5) is 4.45. The molecule has 0 aliphatic heterocycles. The van der Waals surface area contributed by atoms with Gasteiger partial charge in [0.1, 0.15) is 0 Å². The zero-order valence-corrected chi connectivity index (χ0v) is 12.0. The molecule has 0 aliphatic rings. The van der Waals surface area contributed by atoms with Gasteiger partial charge in [-0.1, -0.05) is 18.2 Å². The van der Waals surface area contributed by atoms with E-state index in [9.17, 15) is 0 Å². The van der Waals surface area contributed by atoms with Crippen LogP contribution >= 0.6 is 11.3 Å². The molecule has 5 heteroatoms. The predicted molar refractivity (Wildman–Crippen MR) is 81.0 cm³/mol. The van der Waals surface area contributed by atoms with Gasteiger partial charge in [0.2, 0.25) is 0 Å². The highest BCUT2D eigenvalue weighted by atomic mass is 32.1. The molecule has 0 fully saturated rings. The van der Waals surface area contributed by atoms with Crippen molar-refractivity contribution in [2.24, 2.45) is 5.73 Å². The summed E-state index contributed by atoms with van der Waals surface area (Å²) in [6.07, 6.45) is 4.57. The normalized spacial score (nSPS) is 12.5. The van der Waals surface area contributed by atoms with Crippen molar-refractivity contribution in [1.82, 2.24) is 14.8 Å². The first-order chi connectivity index (χ1) is 9.72. The summed E-state index contributed by atoms with van der Waals surface area (Å²) in [5.41, 5.74) is 9.36. The zero-order valence-electron chi connectivity index (χ0n) is 11.2. The Labute approximate surface area is 121 Å².